The van der Waals surface area contributed by atoms with E-state index in [0.29, 0.717) is 0 Å². The summed E-state index contributed by atoms with van der Waals surface area (Å²) in [4.78, 5) is -0.231. The Hall–Kier alpha value is -0.750. The average Bonchev–Trinajstić information content (AvgIpc) is 2.17. The molecule has 0 aliphatic rings. The van der Waals surface area contributed by atoms with Crippen molar-refractivity contribution in [2.24, 2.45) is 5.14 Å². The van der Waals surface area contributed by atoms with E-state index >= 15 is 0 Å². The van der Waals surface area contributed by atoms with Gasteiger partial charge in [0.1, 0.15) is 17.3 Å². The van der Waals surface area contributed by atoms with Crippen molar-refractivity contribution in [3.63, 3.8) is 0 Å². The zero-order valence-electron chi connectivity index (χ0n) is 8.11. The molecule has 0 fully saturated rings. The van der Waals surface area contributed by atoms with Crippen LogP contribution in [0.5, 0.6) is 5.75 Å². The summed E-state index contributed by atoms with van der Waals surface area (Å²) in [5.41, 5.74) is 0. The van der Waals surface area contributed by atoms with E-state index < -0.39 is 10.0 Å². The molecular weight excluding hydrogens is 273 g/mol. The van der Waals surface area contributed by atoms with E-state index in [-0.39, 0.29) is 27.3 Å². The molecule has 0 aliphatic heterocycles. The lowest BCUT2D eigenvalue weighted by Crippen LogP contribution is -2.12. The Morgan fingerprint density at radius 1 is 1.38 bits per heavy atom. The van der Waals surface area contributed by atoms with Crippen molar-refractivity contribution in [2.45, 2.75) is 4.90 Å². The van der Waals surface area contributed by atoms with Gasteiger partial charge in [-0.25, -0.2) is 13.6 Å². The maximum Gasteiger partial charge on any atom is 0.239 e. The third kappa shape index (κ3) is 3.12. The van der Waals surface area contributed by atoms with Crippen LogP contribution < -0.4 is 9.88 Å². The summed E-state index contributed by atoms with van der Waals surface area (Å²) >= 11 is 11.5. The minimum Gasteiger partial charge on any atom is -0.488 e. The molecule has 88 valence electrons. The molecule has 1 aromatic carbocycles. The van der Waals surface area contributed by atoms with Gasteiger partial charge in [-0.05, 0) is 6.07 Å². The Labute approximate surface area is 104 Å². The number of hydrogen-bond acceptors (Lipinski definition) is 3. The van der Waals surface area contributed by atoms with E-state index in [0.717, 1.165) is 6.07 Å². The molecule has 0 aliphatic carbocycles. The Kier molecular flexibility index (Phi) is 4.21. The molecule has 1 aromatic rings. The Balaban J connectivity index is 3.22. The first-order valence-corrected chi connectivity index (χ1v) is 6.42. The van der Waals surface area contributed by atoms with Crippen molar-refractivity contribution in [1.29, 1.82) is 0 Å². The molecule has 1 rings (SSSR count). The second-order valence-electron chi connectivity index (χ2n) is 2.86. The smallest absolute Gasteiger partial charge is 0.239 e. The molecule has 0 atom stereocenters. The topological polar surface area (TPSA) is 69.4 Å². The second kappa shape index (κ2) is 5.05. The van der Waals surface area contributed by atoms with Crippen LogP contribution in [0.3, 0.4) is 0 Å². The maximum atomic E-state index is 11.1. The Morgan fingerprint density at radius 2 is 2.00 bits per heavy atom. The van der Waals surface area contributed by atoms with Crippen molar-refractivity contribution < 1.29 is 13.2 Å². The summed E-state index contributed by atoms with van der Waals surface area (Å²) in [5.74, 6) is 0.277. The first-order valence-electron chi connectivity index (χ1n) is 4.12. The molecule has 7 heteroatoms. The van der Waals surface area contributed by atoms with Crippen molar-refractivity contribution in [3.05, 3.63) is 34.8 Å². The minimum absolute atomic E-state index is 0.0361. The fraction of sp³-hybridized carbons (Fsp3) is 0.111. The largest absolute Gasteiger partial charge is 0.488 e. The standard InChI is InChI=1S/C9H9Cl2NO3S/c1-2-3-15-8-4-7(11)9(5-6(8)10)16(12,13)14/h2,4-5H,1,3H2,(H2,12,13,14). The van der Waals surface area contributed by atoms with E-state index in [1.165, 1.54) is 12.1 Å². The van der Waals surface area contributed by atoms with Gasteiger partial charge in [0.25, 0.3) is 0 Å². The van der Waals surface area contributed by atoms with Crippen LogP contribution in [0, 0.1) is 0 Å². The Bertz CT molecular complexity index is 514. The molecule has 0 heterocycles. The monoisotopic (exact) mass is 281 g/mol. The Morgan fingerprint density at radius 3 is 2.50 bits per heavy atom. The van der Waals surface area contributed by atoms with E-state index in [2.05, 4.69) is 6.58 Å². The molecule has 0 unspecified atom stereocenters. The average molecular weight is 282 g/mol. The summed E-state index contributed by atoms with van der Waals surface area (Å²) in [6, 6.07) is 2.45. The molecule has 0 bridgehead atoms. The number of ether oxygens (including phenoxy) is 1. The molecule has 2 N–H and O–H groups in total. The molecule has 0 saturated heterocycles. The number of sulfonamides is 1. The third-order valence-corrected chi connectivity index (χ3v) is 3.32. The fourth-order valence-corrected chi connectivity index (χ4v) is 2.36. The zero-order chi connectivity index (χ0) is 12.3. The van der Waals surface area contributed by atoms with Crippen LogP contribution in [-0.4, -0.2) is 15.0 Å². The van der Waals surface area contributed by atoms with E-state index in [9.17, 15) is 8.42 Å². The van der Waals surface area contributed by atoms with Crippen molar-refractivity contribution >= 4 is 33.2 Å². The number of nitrogens with two attached hydrogens (primary N) is 1. The van der Waals surface area contributed by atoms with Gasteiger partial charge in [0, 0.05) is 6.07 Å². The lowest BCUT2D eigenvalue weighted by Gasteiger charge is -2.08. The lowest BCUT2D eigenvalue weighted by molar-refractivity contribution is 0.363. The van der Waals surface area contributed by atoms with Gasteiger partial charge in [-0.1, -0.05) is 35.9 Å². The maximum absolute atomic E-state index is 11.1. The summed E-state index contributed by atoms with van der Waals surface area (Å²) < 4.78 is 27.4. The number of primary sulfonamides is 1. The second-order valence-corrected chi connectivity index (χ2v) is 5.20. The molecule has 4 nitrogen and oxygen atoms in total. The van der Waals surface area contributed by atoms with E-state index in [1.807, 2.05) is 0 Å². The highest BCUT2D eigenvalue weighted by Gasteiger charge is 2.16. The molecule has 0 aromatic heterocycles. The van der Waals surface area contributed by atoms with Crippen LogP contribution in [0.15, 0.2) is 29.7 Å². The van der Waals surface area contributed by atoms with Crippen LogP contribution >= 0.6 is 23.2 Å². The third-order valence-electron chi connectivity index (χ3n) is 1.65. The van der Waals surface area contributed by atoms with E-state index in [4.69, 9.17) is 33.1 Å². The molecule has 0 saturated carbocycles. The summed E-state index contributed by atoms with van der Waals surface area (Å²) in [5, 5.41) is 5.03. The van der Waals surface area contributed by atoms with Crippen molar-refractivity contribution in [1.82, 2.24) is 0 Å². The van der Waals surface area contributed by atoms with Crippen LogP contribution in [-0.2, 0) is 10.0 Å². The van der Waals surface area contributed by atoms with Gasteiger partial charge in [-0.15, -0.1) is 0 Å². The first-order chi connectivity index (χ1) is 7.36. The molecule has 0 spiro atoms. The highest BCUT2D eigenvalue weighted by atomic mass is 35.5. The van der Waals surface area contributed by atoms with Crippen molar-refractivity contribution in [2.75, 3.05) is 6.61 Å². The lowest BCUT2D eigenvalue weighted by atomic mass is 10.3. The highest BCUT2D eigenvalue weighted by molar-refractivity contribution is 7.89. The fourth-order valence-electron chi connectivity index (χ4n) is 0.988. The molecule has 16 heavy (non-hydrogen) atoms. The van der Waals surface area contributed by atoms with Gasteiger partial charge >= 0.3 is 0 Å². The predicted molar refractivity (Wildman–Crippen MR) is 63.5 cm³/mol. The normalized spacial score (nSPS) is 11.2. The summed E-state index contributed by atoms with van der Waals surface area (Å²) in [7, 11) is -3.89. The first kappa shape index (κ1) is 13.3. The minimum atomic E-state index is -3.89. The van der Waals surface area contributed by atoms with Crippen LogP contribution in [0.1, 0.15) is 0 Å². The van der Waals surface area contributed by atoms with E-state index in [1.54, 1.807) is 0 Å². The number of rotatable bonds is 4. The predicted octanol–water partition coefficient (Wildman–Crippen LogP) is 2.21. The van der Waals surface area contributed by atoms with Gasteiger partial charge in [-0.3, -0.25) is 0 Å². The van der Waals surface area contributed by atoms with Crippen molar-refractivity contribution in [3.8, 4) is 5.75 Å². The number of benzene rings is 1. The number of hydrogen-bond donors (Lipinski definition) is 1. The number of halogens is 2. The van der Waals surface area contributed by atoms with Gasteiger partial charge in [0.15, 0.2) is 0 Å². The quantitative estimate of drug-likeness (QED) is 0.861. The van der Waals surface area contributed by atoms with Crippen LogP contribution in [0.4, 0.5) is 0 Å². The molecule has 0 amide bonds. The van der Waals surface area contributed by atoms with Crippen LogP contribution in [0.25, 0.3) is 0 Å². The molecular formula is C9H9Cl2NO3S. The van der Waals surface area contributed by atoms with Gasteiger partial charge in [-0.2, -0.15) is 0 Å². The van der Waals surface area contributed by atoms with Crippen LogP contribution in [0.2, 0.25) is 10.0 Å². The highest BCUT2D eigenvalue weighted by Crippen LogP contribution is 2.32. The summed E-state index contributed by atoms with van der Waals surface area (Å²) in [6.07, 6.45) is 1.53. The molecule has 0 radical (unpaired) electrons. The van der Waals surface area contributed by atoms with Gasteiger partial charge < -0.3 is 4.74 Å². The van der Waals surface area contributed by atoms with Gasteiger partial charge in [0.2, 0.25) is 10.0 Å². The zero-order valence-corrected chi connectivity index (χ0v) is 10.4. The SMILES string of the molecule is C=CCOc1cc(Cl)c(S(N)(=O)=O)cc1Cl. The summed E-state index contributed by atoms with van der Waals surface area (Å²) in [6.45, 7) is 3.71. The van der Waals surface area contributed by atoms with Gasteiger partial charge in [0.05, 0.1) is 10.0 Å².